The molecule has 0 spiro atoms. The molecule has 2 aliphatic rings. The Hall–Kier alpha value is -1.26. The van der Waals surface area contributed by atoms with Crippen molar-refractivity contribution in [1.82, 2.24) is 0 Å². The molecule has 1 aliphatic heterocycles. The van der Waals surface area contributed by atoms with E-state index >= 15 is 0 Å². The number of benzene rings is 1. The molecule has 3 rings (SSSR count). The number of para-hydroxylation sites is 1. The molecule has 1 heterocycles. The summed E-state index contributed by atoms with van der Waals surface area (Å²) in [6.07, 6.45) is 5.83. The number of hydrogen-bond donors (Lipinski definition) is 3. The van der Waals surface area contributed by atoms with Gasteiger partial charge in [-0.3, -0.25) is 0 Å². The number of ether oxygens (including phenoxy) is 1. The number of anilines is 1. The fraction of sp³-hybridized carbons (Fsp3) is 0.647. The van der Waals surface area contributed by atoms with Crippen molar-refractivity contribution >= 4 is 5.69 Å². The molecule has 0 radical (unpaired) electrons. The van der Waals surface area contributed by atoms with Gasteiger partial charge < -0.3 is 20.3 Å². The van der Waals surface area contributed by atoms with Crippen LogP contribution < -0.4 is 10.1 Å². The Balaban J connectivity index is 1.54. The average molecular weight is 291 g/mol. The van der Waals surface area contributed by atoms with Crippen LogP contribution in [0, 0.1) is 0 Å². The van der Waals surface area contributed by atoms with Crippen LogP contribution in [0.1, 0.15) is 44.1 Å². The zero-order chi connectivity index (χ0) is 14.7. The highest BCUT2D eigenvalue weighted by molar-refractivity contribution is 5.61. The van der Waals surface area contributed by atoms with Crippen LogP contribution in [0.25, 0.3) is 0 Å². The highest BCUT2D eigenvalue weighted by atomic mass is 16.5. The zero-order valence-corrected chi connectivity index (χ0v) is 12.5. The van der Waals surface area contributed by atoms with Gasteiger partial charge in [-0.2, -0.15) is 0 Å². The summed E-state index contributed by atoms with van der Waals surface area (Å²) in [6, 6.07) is 6.07. The van der Waals surface area contributed by atoms with Crippen LogP contribution in [0.5, 0.6) is 5.75 Å². The predicted octanol–water partition coefficient (Wildman–Crippen LogP) is 2.48. The van der Waals surface area contributed by atoms with Gasteiger partial charge in [0.25, 0.3) is 0 Å². The van der Waals surface area contributed by atoms with Gasteiger partial charge in [0.2, 0.25) is 0 Å². The Labute approximate surface area is 126 Å². The van der Waals surface area contributed by atoms with E-state index in [4.69, 9.17) is 4.74 Å². The Bertz CT molecular complexity index is 483. The maximum atomic E-state index is 10.5. The van der Waals surface area contributed by atoms with E-state index in [0.29, 0.717) is 13.0 Å². The Morgan fingerprint density at radius 3 is 2.86 bits per heavy atom. The summed E-state index contributed by atoms with van der Waals surface area (Å²) in [4.78, 5) is 0. The summed E-state index contributed by atoms with van der Waals surface area (Å²) in [6.45, 7) is 1.18. The van der Waals surface area contributed by atoms with Crippen molar-refractivity contribution in [2.45, 2.75) is 56.7 Å². The van der Waals surface area contributed by atoms with Gasteiger partial charge in [-0.25, -0.2) is 0 Å². The highest BCUT2D eigenvalue weighted by Crippen LogP contribution is 2.34. The van der Waals surface area contributed by atoms with E-state index in [1.165, 1.54) is 12.0 Å². The summed E-state index contributed by atoms with van der Waals surface area (Å²) < 4.78 is 5.64. The molecular formula is C17H25NO3. The molecule has 0 amide bonds. The molecule has 0 saturated heterocycles. The maximum absolute atomic E-state index is 10.5. The Kier molecular flexibility index (Phi) is 4.36. The molecule has 3 N–H and O–H groups in total. The first kappa shape index (κ1) is 14.7. The van der Waals surface area contributed by atoms with Crippen molar-refractivity contribution in [3.8, 4) is 5.75 Å². The number of aliphatic hydroxyl groups excluding tert-OH is 1. The van der Waals surface area contributed by atoms with Gasteiger partial charge in [-0.05, 0) is 24.5 Å². The van der Waals surface area contributed by atoms with Gasteiger partial charge in [-0.1, -0.05) is 31.4 Å². The highest BCUT2D eigenvalue weighted by Gasteiger charge is 2.31. The monoisotopic (exact) mass is 291 g/mol. The fourth-order valence-corrected chi connectivity index (χ4v) is 3.51. The fourth-order valence-electron chi connectivity index (χ4n) is 3.51. The van der Waals surface area contributed by atoms with Crippen molar-refractivity contribution in [2.75, 3.05) is 18.5 Å². The number of aliphatic hydroxyl groups is 2. The lowest BCUT2D eigenvalue weighted by molar-refractivity contribution is -0.0346. The molecule has 1 aliphatic carbocycles. The van der Waals surface area contributed by atoms with E-state index in [1.54, 1.807) is 0 Å². The SMILES string of the molecule is OC(CNc1cccc2c1OCC2)CC1(O)CCCCC1. The van der Waals surface area contributed by atoms with E-state index in [0.717, 1.165) is 50.1 Å². The Morgan fingerprint density at radius 2 is 2.05 bits per heavy atom. The standard InChI is InChI=1S/C17H25NO3/c19-14(11-17(20)8-2-1-3-9-17)12-18-15-6-4-5-13-7-10-21-16(13)15/h4-6,14,18-20H,1-3,7-12H2. The molecule has 0 aromatic heterocycles. The number of nitrogens with one attached hydrogen (secondary N) is 1. The second-order valence-electron chi connectivity index (χ2n) is 6.42. The molecule has 1 unspecified atom stereocenters. The van der Waals surface area contributed by atoms with Crippen LogP contribution in [-0.4, -0.2) is 35.1 Å². The van der Waals surface area contributed by atoms with Crippen molar-refractivity contribution < 1.29 is 14.9 Å². The predicted molar refractivity (Wildman–Crippen MR) is 82.8 cm³/mol. The molecular weight excluding hydrogens is 266 g/mol. The van der Waals surface area contributed by atoms with Crippen molar-refractivity contribution in [1.29, 1.82) is 0 Å². The molecule has 1 aromatic rings. The van der Waals surface area contributed by atoms with Gasteiger partial charge in [0.15, 0.2) is 0 Å². The first-order valence-electron chi connectivity index (χ1n) is 8.05. The molecule has 1 fully saturated rings. The van der Waals surface area contributed by atoms with Crippen molar-refractivity contribution in [3.05, 3.63) is 23.8 Å². The lowest BCUT2D eigenvalue weighted by atomic mass is 9.81. The Morgan fingerprint density at radius 1 is 1.24 bits per heavy atom. The van der Waals surface area contributed by atoms with Crippen LogP contribution in [-0.2, 0) is 6.42 Å². The molecule has 4 heteroatoms. The van der Waals surface area contributed by atoms with Gasteiger partial charge in [-0.15, -0.1) is 0 Å². The molecule has 4 nitrogen and oxygen atoms in total. The summed E-state index contributed by atoms with van der Waals surface area (Å²) in [5.74, 6) is 0.918. The van der Waals surface area contributed by atoms with E-state index < -0.39 is 11.7 Å². The van der Waals surface area contributed by atoms with Crippen LogP contribution in [0.3, 0.4) is 0 Å². The maximum Gasteiger partial charge on any atom is 0.145 e. The lowest BCUT2D eigenvalue weighted by Crippen LogP contribution is -2.37. The number of fused-ring (bicyclic) bond motifs is 1. The minimum Gasteiger partial charge on any atom is -0.491 e. The first-order chi connectivity index (χ1) is 10.2. The normalized spacial score (nSPS) is 21.4. The summed E-state index contributed by atoms with van der Waals surface area (Å²) in [5, 5.41) is 24.0. The van der Waals surface area contributed by atoms with E-state index in [9.17, 15) is 10.2 Å². The summed E-state index contributed by atoms with van der Waals surface area (Å²) >= 11 is 0. The topological polar surface area (TPSA) is 61.7 Å². The zero-order valence-electron chi connectivity index (χ0n) is 12.5. The molecule has 21 heavy (non-hydrogen) atoms. The summed E-state index contributed by atoms with van der Waals surface area (Å²) in [5.41, 5.74) is 1.49. The van der Waals surface area contributed by atoms with Gasteiger partial charge in [0, 0.05) is 19.4 Å². The quantitative estimate of drug-likeness (QED) is 0.780. The van der Waals surface area contributed by atoms with Crippen LogP contribution in [0.4, 0.5) is 5.69 Å². The first-order valence-corrected chi connectivity index (χ1v) is 8.05. The van der Waals surface area contributed by atoms with Crippen molar-refractivity contribution in [2.24, 2.45) is 0 Å². The molecule has 1 aromatic carbocycles. The smallest absolute Gasteiger partial charge is 0.145 e. The van der Waals surface area contributed by atoms with E-state index in [-0.39, 0.29) is 0 Å². The third-order valence-electron chi connectivity index (χ3n) is 4.64. The molecule has 1 atom stereocenters. The molecule has 0 bridgehead atoms. The second kappa shape index (κ2) is 6.24. The lowest BCUT2D eigenvalue weighted by Gasteiger charge is -2.33. The minimum absolute atomic E-state index is 0.447. The van der Waals surface area contributed by atoms with Crippen LogP contribution in [0.15, 0.2) is 18.2 Å². The van der Waals surface area contributed by atoms with Gasteiger partial charge >= 0.3 is 0 Å². The molecule has 116 valence electrons. The second-order valence-corrected chi connectivity index (χ2v) is 6.42. The van der Waals surface area contributed by atoms with Crippen LogP contribution in [0.2, 0.25) is 0 Å². The summed E-state index contributed by atoms with van der Waals surface area (Å²) in [7, 11) is 0. The van der Waals surface area contributed by atoms with Crippen molar-refractivity contribution in [3.63, 3.8) is 0 Å². The van der Waals surface area contributed by atoms with E-state index in [2.05, 4.69) is 11.4 Å². The van der Waals surface area contributed by atoms with Gasteiger partial charge in [0.1, 0.15) is 5.75 Å². The minimum atomic E-state index is -0.672. The van der Waals surface area contributed by atoms with E-state index in [1.807, 2.05) is 12.1 Å². The number of rotatable bonds is 5. The molecule has 1 saturated carbocycles. The number of hydrogen-bond acceptors (Lipinski definition) is 4. The third-order valence-corrected chi connectivity index (χ3v) is 4.64. The largest absolute Gasteiger partial charge is 0.491 e. The van der Waals surface area contributed by atoms with Gasteiger partial charge in [0.05, 0.1) is 24.0 Å². The van der Waals surface area contributed by atoms with Crippen LogP contribution >= 0.6 is 0 Å². The average Bonchev–Trinajstić information content (AvgIpc) is 2.94. The third kappa shape index (κ3) is 3.50.